The van der Waals surface area contributed by atoms with Crippen LogP contribution in [0.5, 0.6) is 0 Å². The molecular formula is C48H33N3O. The molecule has 0 saturated carbocycles. The minimum Gasteiger partial charge on any atom is -0.455 e. The first-order valence-corrected chi connectivity index (χ1v) is 17.3. The van der Waals surface area contributed by atoms with Gasteiger partial charge in [0, 0.05) is 38.4 Å². The van der Waals surface area contributed by atoms with Crippen molar-refractivity contribution in [1.29, 1.82) is 0 Å². The summed E-state index contributed by atoms with van der Waals surface area (Å²) in [4.78, 5) is 15.6. The van der Waals surface area contributed by atoms with Crippen LogP contribution in [0.2, 0.25) is 0 Å². The Hall–Kier alpha value is -6.65. The second kappa shape index (κ2) is 11.7. The van der Waals surface area contributed by atoms with Crippen molar-refractivity contribution < 1.29 is 11.3 Å². The van der Waals surface area contributed by atoms with Gasteiger partial charge in [-0.1, -0.05) is 159 Å². The Balaban J connectivity index is 1.28. The van der Waals surface area contributed by atoms with E-state index in [0.717, 1.165) is 38.8 Å². The molecule has 0 fully saturated rings. The molecular weight excluding hydrogens is 635 g/mol. The van der Waals surface area contributed by atoms with Crippen LogP contribution in [0.15, 0.2) is 168 Å². The van der Waals surface area contributed by atoms with Gasteiger partial charge in [0.1, 0.15) is 11.2 Å². The van der Waals surface area contributed by atoms with Gasteiger partial charge in [-0.05, 0) is 57.1 Å². The first-order valence-electron chi connectivity index (χ1n) is 19.8. The maximum absolute atomic E-state index is 8.93. The third-order valence-corrected chi connectivity index (χ3v) is 10.2. The van der Waals surface area contributed by atoms with Crippen LogP contribution in [-0.2, 0) is 5.41 Å². The molecule has 10 rings (SSSR count). The lowest BCUT2D eigenvalue weighted by Crippen LogP contribution is -2.17. The van der Waals surface area contributed by atoms with Gasteiger partial charge in [0.05, 0.1) is 6.85 Å². The highest BCUT2D eigenvalue weighted by molar-refractivity contribution is 6.16. The molecule has 2 heterocycles. The molecule has 0 aliphatic heterocycles. The molecule has 1 aliphatic carbocycles. The van der Waals surface area contributed by atoms with E-state index in [1.54, 1.807) is 0 Å². The number of rotatable bonds is 5. The molecule has 0 spiro atoms. The number of furan rings is 1. The van der Waals surface area contributed by atoms with Crippen LogP contribution in [0.1, 0.15) is 31.8 Å². The Kier molecular flexibility index (Phi) is 5.70. The molecule has 0 saturated heterocycles. The molecule has 246 valence electrons. The van der Waals surface area contributed by atoms with E-state index < -0.39 is 18.1 Å². The quantitative estimate of drug-likeness (QED) is 0.183. The Morgan fingerprint density at radius 3 is 1.90 bits per heavy atom. The zero-order chi connectivity index (χ0) is 39.2. The van der Waals surface area contributed by atoms with Gasteiger partial charge in [-0.25, -0.2) is 15.0 Å². The van der Waals surface area contributed by atoms with Gasteiger partial charge in [-0.2, -0.15) is 0 Å². The lowest BCUT2D eigenvalue weighted by atomic mass is 9.80. The van der Waals surface area contributed by atoms with Crippen LogP contribution in [0.3, 0.4) is 0 Å². The smallest absolute Gasteiger partial charge is 0.164 e. The molecule has 0 amide bonds. The normalized spacial score (nSPS) is 14.3. The van der Waals surface area contributed by atoms with E-state index in [4.69, 9.17) is 26.2 Å². The van der Waals surface area contributed by atoms with E-state index in [1.165, 1.54) is 11.1 Å². The lowest BCUT2D eigenvalue weighted by Gasteiger charge is -2.24. The fourth-order valence-corrected chi connectivity index (χ4v) is 7.85. The van der Waals surface area contributed by atoms with Crippen LogP contribution in [0.4, 0.5) is 0 Å². The molecule has 0 radical (unpaired) electrons. The maximum atomic E-state index is 8.93. The summed E-state index contributed by atoms with van der Waals surface area (Å²) < 4.78 is 49.8. The second-order valence-electron chi connectivity index (χ2n) is 13.6. The third-order valence-electron chi connectivity index (χ3n) is 10.2. The van der Waals surface area contributed by atoms with E-state index >= 15 is 0 Å². The first kappa shape index (κ1) is 25.3. The molecule has 4 nitrogen and oxygen atoms in total. The second-order valence-corrected chi connectivity index (χ2v) is 13.6. The molecule has 0 atom stereocenters. The number of benzene rings is 7. The fourth-order valence-electron chi connectivity index (χ4n) is 7.85. The van der Waals surface area contributed by atoms with Crippen LogP contribution >= 0.6 is 0 Å². The van der Waals surface area contributed by atoms with Crippen LogP contribution in [0, 0.1) is 0 Å². The maximum Gasteiger partial charge on any atom is 0.164 e. The Morgan fingerprint density at radius 1 is 0.500 bits per heavy atom. The van der Waals surface area contributed by atoms with Crippen molar-refractivity contribution in [3.63, 3.8) is 0 Å². The average molecular weight is 673 g/mol. The Labute approximate surface area is 309 Å². The highest BCUT2D eigenvalue weighted by Gasteiger charge is 2.38. The average Bonchev–Trinajstić information content (AvgIpc) is 3.75. The van der Waals surface area contributed by atoms with E-state index in [9.17, 15) is 0 Å². The zero-order valence-electron chi connectivity index (χ0n) is 33.5. The molecule has 2 aromatic heterocycles. The summed E-state index contributed by atoms with van der Waals surface area (Å²) in [7, 11) is 0. The highest BCUT2D eigenvalue weighted by Crippen LogP contribution is 2.52. The summed E-state index contributed by atoms with van der Waals surface area (Å²) in [6.45, 7) is 4.49. The first-order chi connectivity index (χ1) is 27.6. The van der Waals surface area contributed by atoms with Gasteiger partial charge >= 0.3 is 0 Å². The summed E-state index contributed by atoms with van der Waals surface area (Å²) in [6, 6.07) is 42.3. The number of nitrogens with zero attached hydrogens (tertiary/aromatic N) is 3. The lowest BCUT2D eigenvalue weighted by molar-refractivity contribution is 0.661. The molecule has 7 aromatic carbocycles. The summed E-state index contributed by atoms with van der Waals surface area (Å²) in [5.41, 5.74) is 10.0. The van der Waals surface area contributed by atoms with Crippen molar-refractivity contribution in [3.05, 3.63) is 175 Å². The van der Waals surface area contributed by atoms with Gasteiger partial charge in [-0.3, -0.25) is 0 Å². The number of hydrogen-bond acceptors (Lipinski definition) is 4. The van der Waals surface area contributed by atoms with Crippen molar-refractivity contribution in [3.8, 4) is 67.5 Å². The van der Waals surface area contributed by atoms with Crippen LogP contribution < -0.4 is 0 Å². The number of fused-ring (bicyclic) bond motifs is 6. The SMILES string of the molecule is [2H]c1c([2H])c([2H])c(-c2cc(-c3ccccc3)cc3c2oc2cccc(-c4nc(-c5ccccc5)nc(-c5cccc6c5C(C)(C)c5ccccc5-6)n4)c23)c([2H])c1[2H]. The summed E-state index contributed by atoms with van der Waals surface area (Å²) in [5.74, 6) is 1.52. The van der Waals surface area contributed by atoms with Crippen molar-refractivity contribution in [1.82, 2.24) is 15.0 Å². The number of hydrogen-bond donors (Lipinski definition) is 0. The van der Waals surface area contributed by atoms with E-state index in [-0.39, 0.29) is 23.1 Å². The van der Waals surface area contributed by atoms with Crippen molar-refractivity contribution in [2.75, 3.05) is 0 Å². The Bertz CT molecular complexity index is 3080. The topological polar surface area (TPSA) is 51.8 Å². The van der Waals surface area contributed by atoms with Crippen molar-refractivity contribution in [2.24, 2.45) is 0 Å². The summed E-state index contributed by atoms with van der Waals surface area (Å²) in [5, 5.41) is 1.44. The van der Waals surface area contributed by atoms with Crippen LogP contribution in [0.25, 0.3) is 89.5 Å². The molecule has 1 aliphatic rings. The minimum absolute atomic E-state index is 0.0692. The van der Waals surface area contributed by atoms with Crippen molar-refractivity contribution in [2.45, 2.75) is 19.3 Å². The molecule has 52 heavy (non-hydrogen) atoms. The number of aromatic nitrogens is 3. The largest absolute Gasteiger partial charge is 0.455 e. The third kappa shape index (κ3) is 4.72. The van der Waals surface area contributed by atoms with E-state index in [1.807, 2.05) is 91.0 Å². The minimum atomic E-state index is -0.452. The predicted molar refractivity (Wildman–Crippen MR) is 212 cm³/mol. The van der Waals surface area contributed by atoms with E-state index in [2.05, 4.69) is 56.3 Å². The molecule has 0 bridgehead atoms. The molecule has 0 N–H and O–H groups in total. The summed E-state index contributed by atoms with van der Waals surface area (Å²) in [6.07, 6.45) is 0. The molecule has 0 unspecified atom stereocenters. The Morgan fingerprint density at radius 2 is 1.12 bits per heavy atom. The fraction of sp³-hybridized carbons (Fsp3) is 0.0625. The van der Waals surface area contributed by atoms with Gasteiger partial charge in [-0.15, -0.1) is 0 Å². The standard InChI is InChI=1S/C48H33N3O/c1-48(2)40-26-13-12-22-34(40)35-23-14-25-37(43(35)48)47-50-45(32-20-10-5-11-21-32)49-46(51-47)36-24-15-27-41-42(36)39-29-33(30-16-6-3-7-17-30)28-38(44(39)52-41)31-18-8-4-9-19-31/h3-29H,1-2H3/i4D,8D,9D,18D,19D. The van der Waals surface area contributed by atoms with Gasteiger partial charge in [0.2, 0.25) is 0 Å². The van der Waals surface area contributed by atoms with Crippen LogP contribution in [-0.4, -0.2) is 15.0 Å². The molecule has 4 heteroatoms. The predicted octanol–water partition coefficient (Wildman–Crippen LogP) is 12.4. The summed E-state index contributed by atoms with van der Waals surface area (Å²) >= 11 is 0. The van der Waals surface area contributed by atoms with Crippen molar-refractivity contribution >= 4 is 21.9 Å². The highest BCUT2D eigenvalue weighted by atomic mass is 16.3. The van der Waals surface area contributed by atoms with Gasteiger partial charge in [0.15, 0.2) is 17.5 Å². The van der Waals surface area contributed by atoms with E-state index in [0.29, 0.717) is 45.2 Å². The monoisotopic (exact) mass is 672 g/mol. The zero-order valence-corrected chi connectivity index (χ0v) is 28.5. The van der Waals surface area contributed by atoms with Gasteiger partial charge < -0.3 is 4.42 Å². The molecule has 9 aromatic rings. The van der Waals surface area contributed by atoms with Gasteiger partial charge in [0.25, 0.3) is 0 Å².